The fourth-order valence-electron chi connectivity index (χ4n) is 1.96. The van der Waals surface area contributed by atoms with Crippen LogP contribution < -0.4 is 10.6 Å². The Bertz CT molecular complexity index is 614. The lowest BCUT2D eigenvalue weighted by Crippen LogP contribution is -2.36. The number of thiazole rings is 1. The molecular formula is C13H21N7S. The highest BCUT2D eigenvalue weighted by atomic mass is 32.1. The maximum Gasteiger partial charge on any atom is 0.191 e. The number of hydrogen-bond donors (Lipinski definition) is 2. The predicted molar refractivity (Wildman–Crippen MR) is 84.3 cm³/mol. The second-order valence-corrected chi connectivity index (χ2v) is 5.84. The summed E-state index contributed by atoms with van der Waals surface area (Å²) in [7, 11) is 1.75. The zero-order valence-corrected chi connectivity index (χ0v) is 13.7. The van der Waals surface area contributed by atoms with Crippen LogP contribution in [0.1, 0.15) is 28.3 Å². The van der Waals surface area contributed by atoms with Gasteiger partial charge in [-0.05, 0) is 20.8 Å². The van der Waals surface area contributed by atoms with Gasteiger partial charge in [0.05, 0.1) is 23.8 Å². The minimum absolute atomic E-state index is 0.591. The lowest BCUT2D eigenvalue weighted by atomic mass is 10.4. The van der Waals surface area contributed by atoms with Gasteiger partial charge in [-0.25, -0.2) is 4.98 Å². The van der Waals surface area contributed by atoms with Gasteiger partial charge in [-0.2, -0.15) is 0 Å². The quantitative estimate of drug-likeness (QED) is 0.641. The molecule has 114 valence electrons. The first-order chi connectivity index (χ1) is 10.1. The summed E-state index contributed by atoms with van der Waals surface area (Å²) in [5.74, 6) is 1.64. The summed E-state index contributed by atoms with van der Waals surface area (Å²) < 4.78 is 2.00. The Hall–Kier alpha value is -1.96. The minimum atomic E-state index is 0.591. The van der Waals surface area contributed by atoms with Crippen molar-refractivity contribution in [3.05, 3.63) is 27.7 Å². The van der Waals surface area contributed by atoms with Gasteiger partial charge < -0.3 is 15.2 Å². The van der Waals surface area contributed by atoms with E-state index in [1.165, 1.54) is 4.88 Å². The van der Waals surface area contributed by atoms with E-state index in [1.807, 2.05) is 18.4 Å². The highest BCUT2D eigenvalue weighted by Crippen LogP contribution is 2.16. The third-order valence-electron chi connectivity index (χ3n) is 3.09. The number of aromatic nitrogens is 4. The molecule has 0 amide bonds. The number of nitrogens with zero attached hydrogens (tertiary/aromatic N) is 5. The monoisotopic (exact) mass is 307 g/mol. The first-order valence-electron chi connectivity index (χ1n) is 6.88. The smallest absolute Gasteiger partial charge is 0.191 e. The van der Waals surface area contributed by atoms with Crippen LogP contribution in [0.5, 0.6) is 0 Å². The van der Waals surface area contributed by atoms with Gasteiger partial charge in [-0.3, -0.25) is 4.99 Å². The van der Waals surface area contributed by atoms with Gasteiger partial charge >= 0.3 is 0 Å². The lowest BCUT2D eigenvalue weighted by Gasteiger charge is -2.11. The van der Waals surface area contributed by atoms with Crippen LogP contribution in [0.2, 0.25) is 0 Å². The van der Waals surface area contributed by atoms with Crippen molar-refractivity contribution < 1.29 is 0 Å². The molecule has 0 saturated heterocycles. The lowest BCUT2D eigenvalue weighted by molar-refractivity contribution is 0.670. The first-order valence-corrected chi connectivity index (χ1v) is 7.69. The van der Waals surface area contributed by atoms with E-state index in [4.69, 9.17) is 0 Å². The van der Waals surface area contributed by atoms with Crippen LogP contribution in [0.3, 0.4) is 0 Å². The molecule has 0 unspecified atom stereocenters. The molecule has 7 nitrogen and oxygen atoms in total. The van der Waals surface area contributed by atoms with Gasteiger partial charge in [-0.15, -0.1) is 21.5 Å². The molecule has 0 aromatic carbocycles. The van der Waals surface area contributed by atoms with Crippen LogP contribution in [0.15, 0.2) is 11.3 Å². The standard InChI is InChI=1S/C13H21N7S/c1-5-20-8-17-19-12(20)7-16-13(14-4)15-6-11-9(2)18-10(3)21-11/h8H,5-7H2,1-4H3,(H2,14,15,16). The Morgan fingerprint density at radius 2 is 2.10 bits per heavy atom. The van der Waals surface area contributed by atoms with E-state index in [2.05, 4.69) is 37.7 Å². The number of rotatable bonds is 5. The summed E-state index contributed by atoms with van der Waals surface area (Å²) in [6.45, 7) is 8.28. The van der Waals surface area contributed by atoms with Crippen molar-refractivity contribution in [1.82, 2.24) is 30.4 Å². The highest BCUT2D eigenvalue weighted by Gasteiger charge is 2.07. The molecular weight excluding hydrogens is 286 g/mol. The molecule has 0 atom stereocenters. The van der Waals surface area contributed by atoms with Crippen LogP contribution in [-0.4, -0.2) is 32.8 Å². The Labute approximate surface area is 128 Å². The Morgan fingerprint density at radius 1 is 1.33 bits per heavy atom. The number of aryl methyl sites for hydroxylation is 3. The van der Waals surface area contributed by atoms with Crippen LogP contribution in [-0.2, 0) is 19.6 Å². The van der Waals surface area contributed by atoms with Gasteiger partial charge in [0.2, 0.25) is 0 Å². The van der Waals surface area contributed by atoms with Crippen molar-refractivity contribution in [2.75, 3.05) is 7.05 Å². The predicted octanol–water partition coefficient (Wildman–Crippen LogP) is 1.24. The zero-order chi connectivity index (χ0) is 15.2. The fraction of sp³-hybridized carbons (Fsp3) is 0.538. The molecule has 8 heteroatoms. The highest BCUT2D eigenvalue weighted by molar-refractivity contribution is 7.11. The maximum absolute atomic E-state index is 4.42. The van der Waals surface area contributed by atoms with Crippen LogP contribution in [0.4, 0.5) is 0 Å². The van der Waals surface area contributed by atoms with Crippen molar-refractivity contribution in [3.8, 4) is 0 Å². The topological polar surface area (TPSA) is 80.0 Å². The molecule has 0 fully saturated rings. The van der Waals surface area contributed by atoms with E-state index in [-0.39, 0.29) is 0 Å². The molecule has 2 aromatic rings. The largest absolute Gasteiger partial charge is 0.351 e. The van der Waals surface area contributed by atoms with Gasteiger partial charge in [-0.1, -0.05) is 0 Å². The maximum atomic E-state index is 4.42. The minimum Gasteiger partial charge on any atom is -0.351 e. The van der Waals surface area contributed by atoms with Gasteiger partial charge in [0, 0.05) is 18.5 Å². The molecule has 0 bridgehead atoms. The van der Waals surface area contributed by atoms with Crippen molar-refractivity contribution in [2.45, 2.75) is 40.4 Å². The molecule has 0 aliphatic carbocycles. The first kappa shape index (κ1) is 15.4. The molecule has 21 heavy (non-hydrogen) atoms. The van der Waals surface area contributed by atoms with Crippen LogP contribution in [0, 0.1) is 13.8 Å². The third kappa shape index (κ3) is 4.01. The van der Waals surface area contributed by atoms with Crippen LogP contribution >= 0.6 is 11.3 Å². The summed E-state index contributed by atoms with van der Waals surface area (Å²) in [5.41, 5.74) is 1.08. The molecule has 0 aliphatic rings. The number of aliphatic imine (C=N–C) groups is 1. The second kappa shape index (κ2) is 7.16. The SMILES string of the molecule is CCn1cnnc1CNC(=NC)NCc1sc(C)nc1C. The van der Waals surface area contributed by atoms with E-state index in [1.54, 1.807) is 24.7 Å². The summed E-state index contributed by atoms with van der Waals surface area (Å²) in [6.07, 6.45) is 1.73. The van der Waals surface area contributed by atoms with E-state index < -0.39 is 0 Å². The van der Waals surface area contributed by atoms with E-state index in [0.29, 0.717) is 6.54 Å². The van der Waals surface area contributed by atoms with Gasteiger partial charge in [0.25, 0.3) is 0 Å². The molecule has 0 radical (unpaired) electrons. The van der Waals surface area contributed by atoms with E-state index in [0.717, 1.165) is 35.6 Å². The van der Waals surface area contributed by atoms with Crippen molar-refractivity contribution in [3.63, 3.8) is 0 Å². The molecule has 2 rings (SSSR count). The Morgan fingerprint density at radius 3 is 2.71 bits per heavy atom. The summed E-state index contributed by atoms with van der Waals surface area (Å²) in [6, 6.07) is 0. The van der Waals surface area contributed by atoms with Gasteiger partial charge in [0.1, 0.15) is 6.33 Å². The van der Waals surface area contributed by atoms with Crippen molar-refractivity contribution in [1.29, 1.82) is 0 Å². The molecule has 2 heterocycles. The van der Waals surface area contributed by atoms with E-state index >= 15 is 0 Å². The normalized spacial score (nSPS) is 11.7. The Balaban J connectivity index is 1.88. The molecule has 2 aromatic heterocycles. The van der Waals surface area contributed by atoms with Crippen molar-refractivity contribution in [2.24, 2.45) is 4.99 Å². The molecule has 0 saturated carbocycles. The average molecular weight is 307 g/mol. The van der Waals surface area contributed by atoms with Gasteiger partial charge in [0.15, 0.2) is 11.8 Å². The third-order valence-corrected chi connectivity index (χ3v) is 4.16. The number of nitrogens with one attached hydrogen (secondary N) is 2. The number of guanidine groups is 1. The average Bonchev–Trinajstić information content (AvgIpc) is 3.05. The molecule has 0 aliphatic heterocycles. The van der Waals surface area contributed by atoms with Crippen LogP contribution in [0.25, 0.3) is 0 Å². The fourth-order valence-corrected chi connectivity index (χ4v) is 2.84. The van der Waals surface area contributed by atoms with E-state index in [9.17, 15) is 0 Å². The summed E-state index contributed by atoms with van der Waals surface area (Å²) in [4.78, 5) is 9.87. The zero-order valence-electron chi connectivity index (χ0n) is 12.8. The Kier molecular flexibility index (Phi) is 5.26. The molecule has 2 N–H and O–H groups in total. The summed E-state index contributed by atoms with van der Waals surface area (Å²) in [5, 5.41) is 15.6. The van der Waals surface area contributed by atoms with Crippen molar-refractivity contribution >= 4 is 17.3 Å². The second-order valence-electron chi connectivity index (χ2n) is 4.55. The molecule has 0 spiro atoms. The number of hydrogen-bond acceptors (Lipinski definition) is 5. The summed E-state index contributed by atoms with van der Waals surface area (Å²) >= 11 is 1.71.